The Kier molecular flexibility index (Phi) is 5.62. The fraction of sp³-hybridized carbons (Fsp3) is 0.480. The molecule has 1 aliphatic heterocycles. The van der Waals surface area contributed by atoms with Gasteiger partial charge in [-0.05, 0) is 57.6 Å². The quantitative estimate of drug-likeness (QED) is 0.509. The molecule has 1 unspecified atom stereocenters. The number of benzene rings is 1. The normalized spacial score (nSPS) is 18.4. The second-order valence-corrected chi connectivity index (χ2v) is 9.50. The lowest BCUT2D eigenvalue weighted by atomic mass is 9.86. The first kappa shape index (κ1) is 22.8. The number of anilines is 2. The Morgan fingerprint density at radius 3 is 2.62 bits per heavy atom. The molecule has 2 N–H and O–H groups in total. The average molecular weight is 472 g/mol. The van der Waals surface area contributed by atoms with Crippen LogP contribution >= 0.6 is 0 Å². The third-order valence-corrected chi connectivity index (χ3v) is 6.98. The third kappa shape index (κ3) is 3.96. The molecule has 2 aliphatic rings. The highest BCUT2D eigenvalue weighted by Crippen LogP contribution is 2.52. The van der Waals surface area contributed by atoms with Gasteiger partial charge in [-0.25, -0.2) is 19.3 Å². The molecule has 1 aliphatic carbocycles. The van der Waals surface area contributed by atoms with E-state index in [4.69, 9.17) is 0 Å². The molecule has 0 spiro atoms. The van der Waals surface area contributed by atoms with E-state index in [1.54, 1.807) is 13.1 Å². The van der Waals surface area contributed by atoms with E-state index in [9.17, 15) is 5.11 Å². The molecule has 0 bridgehead atoms. The van der Waals surface area contributed by atoms with Crippen molar-refractivity contribution in [1.82, 2.24) is 15.0 Å². The zero-order valence-corrected chi connectivity index (χ0v) is 19.3. The smallest absolute Gasteiger partial charge is 0.304 e. The van der Waals surface area contributed by atoms with Gasteiger partial charge in [-0.2, -0.15) is 8.78 Å². The second-order valence-electron chi connectivity index (χ2n) is 9.50. The Balaban J connectivity index is 1.44. The number of aryl methyl sites for hydroxylation is 1. The topological polar surface area (TPSA) is 74.2 Å². The Bertz CT molecular complexity index is 1220. The predicted octanol–water partition coefficient (Wildman–Crippen LogP) is 4.94. The van der Waals surface area contributed by atoms with Gasteiger partial charge in [0.05, 0.1) is 17.3 Å². The zero-order valence-electron chi connectivity index (χ0n) is 19.3. The van der Waals surface area contributed by atoms with Crippen molar-refractivity contribution < 1.29 is 18.3 Å². The number of aliphatic hydroxyl groups is 1. The van der Waals surface area contributed by atoms with Crippen molar-refractivity contribution in [1.29, 1.82) is 0 Å². The molecule has 180 valence electrons. The summed E-state index contributed by atoms with van der Waals surface area (Å²) in [7, 11) is 0. The highest BCUT2D eigenvalue weighted by atomic mass is 19.3. The highest BCUT2D eigenvalue weighted by molar-refractivity contribution is 5.90. The van der Waals surface area contributed by atoms with Crippen LogP contribution in [0.25, 0.3) is 10.9 Å². The van der Waals surface area contributed by atoms with E-state index in [1.165, 1.54) is 12.1 Å². The van der Waals surface area contributed by atoms with Gasteiger partial charge in [-0.3, -0.25) is 0 Å². The average Bonchev–Trinajstić information content (AvgIpc) is 3.53. The number of hydrogen-bond acceptors (Lipinski definition) is 6. The monoisotopic (exact) mass is 471 g/mol. The Morgan fingerprint density at radius 1 is 1.18 bits per heavy atom. The molecule has 9 heteroatoms. The molecule has 1 atom stereocenters. The summed E-state index contributed by atoms with van der Waals surface area (Å²) in [5, 5.41) is 14.3. The number of rotatable bonds is 7. The maximum Gasteiger partial charge on any atom is 0.304 e. The number of alkyl halides is 2. The SMILES string of the molecule is Cc1nc(NCc2cccc(C(F)(F)C(C)(O)C3CC3)c2F)c2cc(N3CCCC3)ncc2n1. The number of aromatic nitrogens is 3. The van der Waals surface area contributed by atoms with Gasteiger partial charge < -0.3 is 15.3 Å². The van der Waals surface area contributed by atoms with Crippen molar-refractivity contribution in [3.05, 3.63) is 53.2 Å². The lowest BCUT2D eigenvalue weighted by Crippen LogP contribution is -2.45. The first-order valence-corrected chi connectivity index (χ1v) is 11.7. The molecular weight excluding hydrogens is 443 g/mol. The summed E-state index contributed by atoms with van der Waals surface area (Å²) < 4.78 is 45.5. The molecule has 2 fully saturated rings. The van der Waals surface area contributed by atoms with E-state index >= 15 is 13.2 Å². The molecule has 3 aromatic rings. The van der Waals surface area contributed by atoms with E-state index in [0.717, 1.165) is 50.1 Å². The molecule has 34 heavy (non-hydrogen) atoms. The first-order chi connectivity index (χ1) is 16.2. The molecular formula is C25H28F3N5O. The predicted molar refractivity (Wildman–Crippen MR) is 124 cm³/mol. The van der Waals surface area contributed by atoms with Crippen LogP contribution < -0.4 is 10.2 Å². The van der Waals surface area contributed by atoms with Crippen molar-refractivity contribution in [2.75, 3.05) is 23.3 Å². The number of pyridine rings is 1. The standard InChI is InChI=1S/C25H28F3N5O/c1-15-31-20-14-29-21(33-10-3-4-11-33)12-18(20)23(32-15)30-13-16-6-5-7-19(22(16)26)25(27,28)24(2,34)17-8-9-17/h5-7,12,14,17,34H,3-4,8-11,13H2,1-2H3,(H,30,31,32). The van der Waals surface area contributed by atoms with Gasteiger partial charge >= 0.3 is 5.92 Å². The molecule has 6 nitrogen and oxygen atoms in total. The molecule has 1 saturated heterocycles. The Hall–Kier alpha value is -2.94. The van der Waals surface area contributed by atoms with Crippen LogP contribution in [0.3, 0.4) is 0 Å². The van der Waals surface area contributed by atoms with Gasteiger partial charge in [0, 0.05) is 30.6 Å². The van der Waals surface area contributed by atoms with E-state index in [2.05, 4.69) is 25.2 Å². The maximum atomic E-state index is 15.3. The van der Waals surface area contributed by atoms with E-state index in [-0.39, 0.29) is 12.1 Å². The zero-order chi connectivity index (χ0) is 24.1. The number of hydrogen-bond donors (Lipinski definition) is 2. The number of nitrogens with one attached hydrogen (secondary N) is 1. The minimum absolute atomic E-state index is 0.0474. The van der Waals surface area contributed by atoms with Crippen LogP contribution in [0.5, 0.6) is 0 Å². The first-order valence-electron chi connectivity index (χ1n) is 11.7. The molecule has 0 radical (unpaired) electrons. The summed E-state index contributed by atoms with van der Waals surface area (Å²) in [5.41, 5.74) is -2.35. The van der Waals surface area contributed by atoms with Gasteiger partial charge in [0.25, 0.3) is 0 Å². The molecule has 5 rings (SSSR count). The van der Waals surface area contributed by atoms with Crippen molar-refractivity contribution in [2.24, 2.45) is 5.92 Å². The van der Waals surface area contributed by atoms with Crippen molar-refractivity contribution >= 4 is 22.5 Å². The number of halogens is 3. The van der Waals surface area contributed by atoms with Gasteiger partial charge in [0.2, 0.25) is 0 Å². The van der Waals surface area contributed by atoms with Crippen molar-refractivity contribution in [3.8, 4) is 0 Å². The third-order valence-electron chi connectivity index (χ3n) is 6.98. The number of fused-ring (bicyclic) bond motifs is 1. The van der Waals surface area contributed by atoms with Crippen LogP contribution in [-0.4, -0.2) is 38.7 Å². The Labute approximate surface area is 196 Å². The molecule has 1 aromatic carbocycles. The lowest BCUT2D eigenvalue weighted by Gasteiger charge is -2.33. The summed E-state index contributed by atoms with van der Waals surface area (Å²) in [6, 6.07) is 5.82. The van der Waals surface area contributed by atoms with Crippen LogP contribution in [0.15, 0.2) is 30.5 Å². The fourth-order valence-electron chi connectivity index (χ4n) is 4.70. The van der Waals surface area contributed by atoms with Crippen LogP contribution in [0.1, 0.15) is 49.6 Å². The largest absolute Gasteiger partial charge is 0.383 e. The summed E-state index contributed by atoms with van der Waals surface area (Å²) in [4.78, 5) is 15.6. The van der Waals surface area contributed by atoms with E-state index in [1.807, 2.05) is 6.07 Å². The highest BCUT2D eigenvalue weighted by Gasteiger charge is 2.59. The summed E-state index contributed by atoms with van der Waals surface area (Å²) in [6.07, 6.45) is 4.95. The minimum Gasteiger partial charge on any atom is -0.383 e. The van der Waals surface area contributed by atoms with E-state index < -0.39 is 28.8 Å². The van der Waals surface area contributed by atoms with Gasteiger partial charge in [-0.1, -0.05) is 12.1 Å². The second kappa shape index (κ2) is 8.37. The van der Waals surface area contributed by atoms with Crippen LogP contribution in [0.2, 0.25) is 0 Å². The molecule has 3 heterocycles. The molecule has 0 amide bonds. The lowest BCUT2D eigenvalue weighted by molar-refractivity contribution is -0.191. The van der Waals surface area contributed by atoms with Crippen LogP contribution in [0.4, 0.5) is 24.8 Å². The van der Waals surface area contributed by atoms with Gasteiger partial charge in [0.1, 0.15) is 28.9 Å². The molecule has 2 aromatic heterocycles. The van der Waals surface area contributed by atoms with Crippen molar-refractivity contribution in [2.45, 2.75) is 57.6 Å². The summed E-state index contributed by atoms with van der Waals surface area (Å²) in [5.74, 6) is -3.41. The van der Waals surface area contributed by atoms with E-state index in [0.29, 0.717) is 30.0 Å². The number of nitrogens with zero attached hydrogens (tertiary/aromatic N) is 4. The van der Waals surface area contributed by atoms with Gasteiger partial charge in [-0.15, -0.1) is 0 Å². The summed E-state index contributed by atoms with van der Waals surface area (Å²) in [6.45, 7) is 4.67. The minimum atomic E-state index is -3.71. The van der Waals surface area contributed by atoms with Gasteiger partial charge in [0.15, 0.2) is 0 Å². The fourth-order valence-corrected chi connectivity index (χ4v) is 4.70. The Morgan fingerprint density at radius 2 is 1.91 bits per heavy atom. The van der Waals surface area contributed by atoms with Crippen LogP contribution in [-0.2, 0) is 12.5 Å². The van der Waals surface area contributed by atoms with Crippen molar-refractivity contribution in [3.63, 3.8) is 0 Å². The summed E-state index contributed by atoms with van der Waals surface area (Å²) >= 11 is 0. The molecule has 1 saturated carbocycles. The van der Waals surface area contributed by atoms with Crippen LogP contribution in [0, 0.1) is 18.7 Å². The maximum absolute atomic E-state index is 15.3.